The van der Waals surface area contributed by atoms with E-state index in [1.165, 1.54) is 21.5 Å². The van der Waals surface area contributed by atoms with E-state index in [0.717, 1.165) is 55.5 Å². The number of benzene rings is 7. The Bertz CT molecular complexity index is 3540. The van der Waals surface area contributed by atoms with Gasteiger partial charge < -0.3 is 8.98 Å². The van der Waals surface area contributed by atoms with Gasteiger partial charge in [0, 0.05) is 50.5 Å². The second-order valence-corrected chi connectivity index (χ2v) is 14.8. The number of rotatable bonds is 6. The fraction of sp³-hybridized carbons (Fsp3) is 0. The fourth-order valence-corrected chi connectivity index (χ4v) is 8.28. The first-order chi connectivity index (χ1) is 29.7. The van der Waals surface area contributed by atoms with Crippen LogP contribution in [0, 0.1) is 0 Å². The molecule has 12 rings (SSSR count). The van der Waals surface area contributed by atoms with Gasteiger partial charge in [0.1, 0.15) is 17.5 Å². The number of hydrogen-bond acceptors (Lipinski definition) is 7. The van der Waals surface area contributed by atoms with E-state index in [1.807, 2.05) is 60.8 Å². The molecule has 7 aromatic carbocycles. The van der Waals surface area contributed by atoms with Gasteiger partial charge in [0.25, 0.3) is 0 Å². The highest BCUT2D eigenvalue weighted by Crippen LogP contribution is 2.37. The van der Waals surface area contributed by atoms with Crippen LogP contribution in [0.25, 0.3) is 117 Å². The maximum absolute atomic E-state index is 6.35. The van der Waals surface area contributed by atoms with Crippen molar-refractivity contribution in [2.45, 2.75) is 0 Å². The molecule has 0 saturated carbocycles. The Hall–Kier alpha value is -8.36. The number of nitrogens with zero attached hydrogens (tertiary/aromatic N) is 7. The summed E-state index contributed by atoms with van der Waals surface area (Å²) in [4.78, 5) is 29.1. The molecule has 0 N–H and O–H groups in total. The molecule has 5 aromatic heterocycles. The minimum atomic E-state index is 0.516. The molecule has 0 aliphatic carbocycles. The van der Waals surface area contributed by atoms with E-state index >= 15 is 0 Å². The van der Waals surface area contributed by atoms with Gasteiger partial charge in [-0.3, -0.25) is 0 Å². The van der Waals surface area contributed by atoms with Gasteiger partial charge in [-0.25, -0.2) is 29.9 Å². The molecule has 0 spiro atoms. The molecule has 0 unspecified atom stereocenters. The first-order valence-electron chi connectivity index (χ1n) is 19.8. The third-order valence-corrected chi connectivity index (χ3v) is 11.2. The van der Waals surface area contributed by atoms with E-state index in [2.05, 4.69) is 136 Å². The first-order valence-corrected chi connectivity index (χ1v) is 19.8. The highest BCUT2D eigenvalue weighted by molar-refractivity contribution is 6.09. The molecule has 60 heavy (non-hydrogen) atoms. The molecular formula is C52H31N7O. The topological polar surface area (TPSA) is 95.4 Å². The van der Waals surface area contributed by atoms with E-state index in [4.69, 9.17) is 24.4 Å². The van der Waals surface area contributed by atoms with Crippen LogP contribution in [0.1, 0.15) is 0 Å². The number of aromatic nitrogens is 7. The summed E-state index contributed by atoms with van der Waals surface area (Å²) >= 11 is 0. The second kappa shape index (κ2) is 13.6. The Balaban J connectivity index is 0.907. The zero-order valence-corrected chi connectivity index (χ0v) is 31.9. The Kier molecular flexibility index (Phi) is 7.67. The standard InChI is InChI=1S/C52H31N7O/c1-2-11-34(12-3-1)49-56-50(58-51(57-49)36-24-26-40(27-25-36)59-44-16-8-6-14-41(44)42-15-7-9-17-45(42)59)35-21-19-33(20-22-35)46-48-47(55-31-54-46)43-29-39(30-53-52(43)60-48)38-23-18-32-10-4-5-13-37(32)28-38/h1-31H. The molecule has 0 bridgehead atoms. The maximum atomic E-state index is 6.35. The Morgan fingerprint density at radius 2 is 0.967 bits per heavy atom. The van der Waals surface area contributed by atoms with Crippen molar-refractivity contribution in [2.24, 2.45) is 0 Å². The second-order valence-electron chi connectivity index (χ2n) is 14.8. The Morgan fingerprint density at radius 1 is 0.400 bits per heavy atom. The summed E-state index contributed by atoms with van der Waals surface area (Å²) in [5.41, 5.74) is 11.5. The number of pyridine rings is 1. The predicted molar refractivity (Wildman–Crippen MR) is 240 cm³/mol. The van der Waals surface area contributed by atoms with Gasteiger partial charge >= 0.3 is 0 Å². The lowest BCUT2D eigenvalue weighted by atomic mass is 10.0. The quantitative estimate of drug-likeness (QED) is 0.166. The zero-order valence-electron chi connectivity index (χ0n) is 31.9. The lowest BCUT2D eigenvalue weighted by Gasteiger charge is -2.11. The molecule has 8 nitrogen and oxygen atoms in total. The maximum Gasteiger partial charge on any atom is 0.229 e. The van der Waals surface area contributed by atoms with Crippen molar-refractivity contribution in [3.8, 4) is 62.2 Å². The Morgan fingerprint density at radius 3 is 1.67 bits per heavy atom. The van der Waals surface area contributed by atoms with Gasteiger partial charge in [-0.2, -0.15) is 0 Å². The summed E-state index contributed by atoms with van der Waals surface area (Å²) in [6, 6.07) is 60.5. The van der Waals surface area contributed by atoms with E-state index in [-0.39, 0.29) is 0 Å². The number of hydrogen-bond donors (Lipinski definition) is 0. The molecule has 0 radical (unpaired) electrons. The zero-order chi connectivity index (χ0) is 39.6. The lowest BCUT2D eigenvalue weighted by molar-refractivity contribution is 0.652. The van der Waals surface area contributed by atoms with Crippen LogP contribution in [0.5, 0.6) is 0 Å². The highest BCUT2D eigenvalue weighted by Gasteiger charge is 2.19. The molecule has 0 aliphatic rings. The lowest BCUT2D eigenvalue weighted by Crippen LogP contribution is -2.00. The van der Waals surface area contributed by atoms with Crippen molar-refractivity contribution >= 4 is 54.8 Å². The summed E-state index contributed by atoms with van der Waals surface area (Å²) in [5, 5.41) is 5.66. The number of para-hydroxylation sites is 2. The highest BCUT2D eigenvalue weighted by atomic mass is 16.3. The number of furan rings is 1. The van der Waals surface area contributed by atoms with E-state index < -0.39 is 0 Å². The summed E-state index contributed by atoms with van der Waals surface area (Å²) in [5.74, 6) is 1.76. The smallest absolute Gasteiger partial charge is 0.229 e. The summed E-state index contributed by atoms with van der Waals surface area (Å²) < 4.78 is 8.65. The van der Waals surface area contributed by atoms with Crippen LogP contribution in [0.4, 0.5) is 0 Å². The van der Waals surface area contributed by atoms with E-state index in [0.29, 0.717) is 40.0 Å². The van der Waals surface area contributed by atoms with Crippen LogP contribution in [0.3, 0.4) is 0 Å². The summed E-state index contributed by atoms with van der Waals surface area (Å²) in [6.45, 7) is 0. The first kappa shape index (κ1) is 33.7. The monoisotopic (exact) mass is 769 g/mol. The molecule has 280 valence electrons. The van der Waals surface area contributed by atoms with E-state index in [9.17, 15) is 0 Å². The molecule has 12 aromatic rings. The van der Waals surface area contributed by atoms with E-state index in [1.54, 1.807) is 6.33 Å². The van der Waals surface area contributed by atoms with Crippen molar-refractivity contribution in [3.05, 3.63) is 188 Å². The van der Waals surface area contributed by atoms with Crippen LogP contribution >= 0.6 is 0 Å². The minimum absolute atomic E-state index is 0.516. The van der Waals surface area contributed by atoms with Crippen molar-refractivity contribution in [1.82, 2.24) is 34.5 Å². The molecular weight excluding hydrogens is 739 g/mol. The largest absolute Gasteiger partial charge is 0.434 e. The van der Waals surface area contributed by atoms with Crippen LogP contribution < -0.4 is 0 Å². The molecule has 0 aliphatic heterocycles. The Labute approximate surface area is 343 Å². The average molecular weight is 770 g/mol. The predicted octanol–water partition coefficient (Wildman–Crippen LogP) is 12.5. The number of fused-ring (bicyclic) bond motifs is 7. The SMILES string of the molecule is c1ccc(-c2nc(-c3ccc(-c4ncnc5c4oc4ncc(-c6ccc7ccccc7c6)cc45)cc3)nc(-c3ccc(-n4c5ccccc5c5ccccc54)cc3)n2)cc1. The molecule has 0 amide bonds. The van der Waals surface area contributed by atoms with Crippen molar-refractivity contribution in [1.29, 1.82) is 0 Å². The summed E-state index contributed by atoms with van der Waals surface area (Å²) in [6.07, 6.45) is 3.43. The van der Waals surface area contributed by atoms with Crippen molar-refractivity contribution < 1.29 is 4.42 Å². The fourth-order valence-electron chi connectivity index (χ4n) is 8.28. The molecule has 0 atom stereocenters. The average Bonchev–Trinajstić information content (AvgIpc) is 3.87. The van der Waals surface area contributed by atoms with Gasteiger partial charge in [0.15, 0.2) is 23.1 Å². The van der Waals surface area contributed by atoms with Gasteiger partial charge in [-0.15, -0.1) is 0 Å². The van der Waals surface area contributed by atoms with Gasteiger partial charge in [0.2, 0.25) is 5.71 Å². The minimum Gasteiger partial charge on any atom is -0.434 e. The third-order valence-electron chi connectivity index (χ3n) is 11.2. The van der Waals surface area contributed by atoms with Crippen LogP contribution in [0.2, 0.25) is 0 Å². The molecule has 0 saturated heterocycles. The van der Waals surface area contributed by atoms with Crippen LogP contribution in [-0.4, -0.2) is 34.5 Å². The van der Waals surface area contributed by atoms with Gasteiger partial charge in [0.05, 0.1) is 16.4 Å². The van der Waals surface area contributed by atoms with Crippen molar-refractivity contribution in [3.63, 3.8) is 0 Å². The van der Waals surface area contributed by atoms with Crippen LogP contribution in [0.15, 0.2) is 193 Å². The molecule has 8 heteroatoms. The van der Waals surface area contributed by atoms with Gasteiger partial charge in [-0.1, -0.05) is 127 Å². The normalized spacial score (nSPS) is 11.7. The van der Waals surface area contributed by atoms with Gasteiger partial charge in [-0.05, 0) is 64.9 Å². The molecule has 5 heterocycles. The molecule has 0 fully saturated rings. The summed E-state index contributed by atoms with van der Waals surface area (Å²) in [7, 11) is 0. The van der Waals surface area contributed by atoms with Crippen LogP contribution in [-0.2, 0) is 0 Å². The third kappa shape index (κ3) is 5.61. The van der Waals surface area contributed by atoms with Crippen molar-refractivity contribution in [2.75, 3.05) is 0 Å².